The highest BCUT2D eigenvalue weighted by molar-refractivity contribution is 7.40. The molecule has 7 nitrogen and oxygen atoms in total. The van der Waals surface area contributed by atoms with Crippen LogP contribution < -0.4 is 20.4 Å². The summed E-state index contributed by atoms with van der Waals surface area (Å²) in [4.78, 5) is 34.9. The summed E-state index contributed by atoms with van der Waals surface area (Å²) in [6, 6.07) is 0. The highest BCUT2D eigenvalue weighted by atomic mass is 31.2. The highest BCUT2D eigenvalue weighted by Gasteiger charge is 1.81. The summed E-state index contributed by atoms with van der Waals surface area (Å²) in [5, 5.41) is 7.60. The summed E-state index contributed by atoms with van der Waals surface area (Å²) in [7, 11) is -5.39. The van der Waals surface area contributed by atoms with Crippen molar-refractivity contribution in [2.24, 2.45) is 5.73 Å². The van der Waals surface area contributed by atoms with Crippen LogP contribution >= 0.6 is 7.82 Å². The molecule has 0 heterocycles. The molecule has 62 valence electrons. The molecule has 0 aromatic carbocycles. The molecule has 0 rings (SSSR count). The maximum atomic E-state index is 9.24. The third-order valence-electron chi connectivity index (χ3n) is 0.175. The molecule has 0 aromatic rings. The van der Waals surface area contributed by atoms with Gasteiger partial charge < -0.3 is 30.1 Å². The van der Waals surface area contributed by atoms with Gasteiger partial charge in [0.2, 0.25) is 0 Å². The first-order valence-electron chi connectivity index (χ1n) is 1.92. The SMILES string of the molecule is NCC(=O)O.O=P([O-])([O-])[O-]. The molecule has 0 bridgehead atoms. The number of nitrogens with two attached hydrogens (primary N) is 1. The van der Waals surface area contributed by atoms with Crippen molar-refractivity contribution in [2.45, 2.75) is 0 Å². The zero-order valence-corrected chi connectivity index (χ0v) is 5.61. The fourth-order valence-electron chi connectivity index (χ4n) is 0. The van der Waals surface area contributed by atoms with Crippen molar-refractivity contribution >= 4 is 13.8 Å². The molecule has 0 unspecified atom stereocenters. The average molecular weight is 170 g/mol. The average Bonchev–Trinajstić information content (AvgIpc) is 1.61. The second-order valence-corrected chi connectivity index (χ2v) is 1.94. The Morgan fingerprint density at radius 2 is 1.60 bits per heavy atom. The lowest BCUT2D eigenvalue weighted by Gasteiger charge is -2.36. The molecule has 0 aliphatic carbocycles. The van der Waals surface area contributed by atoms with Crippen LogP contribution in [-0.2, 0) is 9.36 Å². The number of aliphatic carboxylic acids is 1. The molecule has 0 aliphatic heterocycles. The third-order valence-corrected chi connectivity index (χ3v) is 0.175. The Hall–Kier alpha value is -0.460. The van der Waals surface area contributed by atoms with Crippen molar-refractivity contribution in [1.29, 1.82) is 0 Å². The van der Waals surface area contributed by atoms with Gasteiger partial charge in [-0.1, -0.05) is 0 Å². The standard InChI is InChI=1S/C2H5NO2.H3O4P/c3-1-2(4)5;1-5(2,3)4/h1,3H2,(H,4,5);(H3,1,2,3,4)/p-3. The number of carboxylic acid groups (broad SMARTS) is 1. The van der Waals surface area contributed by atoms with Gasteiger partial charge in [-0.3, -0.25) is 4.79 Å². The fourth-order valence-corrected chi connectivity index (χ4v) is 0. The largest absolute Gasteiger partial charge is 0.822 e. The molecule has 0 spiro atoms. The van der Waals surface area contributed by atoms with E-state index < -0.39 is 13.8 Å². The zero-order chi connectivity index (χ0) is 8.78. The van der Waals surface area contributed by atoms with Crippen molar-refractivity contribution in [3.63, 3.8) is 0 Å². The van der Waals surface area contributed by atoms with E-state index in [1.165, 1.54) is 0 Å². The summed E-state index contributed by atoms with van der Waals surface area (Å²) in [6.07, 6.45) is 0. The van der Waals surface area contributed by atoms with Crippen molar-refractivity contribution in [3.05, 3.63) is 0 Å². The topological polar surface area (TPSA) is 150 Å². The molecule has 0 fully saturated rings. The first-order valence-corrected chi connectivity index (χ1v) is 3.38. The monoisotopic (exact) mass is 170 g/mol. The van der Waals surface area contributed by atoms with E-state index in [0.29, 0.717) is 0 Å². The van der Waals surface area contributed by atoms with Gasteiger partial charge in [0.1, 0.15) is 0 Å². The molecule has 0 amide bonds. The van der Waals surface area contributed by atoms with Gasteiger partial charge in [-0.15, -0.1) is 0 Å². The zero-order valence-electron chi connectivity index (χ0n) is 4.72. The maximum Gasteiger partial charge on any atom is 0.317 e. The van der Waals surface area contributed by atoms with Gasteiger partial charge >= 0.3 is 5.97 Å². The van der Waals surface area contributed by atoms with E-state index in [-0.39, 0.29) is 6.54 Å². The quantitative estimate of drug-likeness (QED) is 0.383. The molecule has 8 heteroatoms. The number of phosphoric acid groups is 1. The molecule has 0 saturated heterocycles. The predicted octanol–water partition coefficient (Wildman–Crippen LogP) is -3.79. The van der Waals surface area contributed by atoms with Gasteiger partial charge in [0.15, 0.2) is 0 Å². The number of carboxylic acids is 1. The first-order chi connectivity index (χ1) is 4.27. The van der Waals surface area contributed by atoms with Crippen LogP contribution in [0.25, 0.3) is 0 Å². The Kier molecular flexibility index (Phi) is 6.53. The summed E-state index contributed by atoms with van der Waals surface area (Å²) < 4.78 is 8.55. The smallest absolute Gasteiger partial charge is 0.317 e. The Bertz CT molecular complexity index is 130. The maximum absolute atomic E-state index is 9.24. The second kappa shape index (κ2) is 5.33. The Labute approximate surface area is 56.3 Å². The Morgan fingerprint density at radius 1 is 1.50 bits per heavy atom. The Morgan fingerprint density at radius 3 is 1.60 bits per heavy atom. The summed E-state index contributed by atoms with van der Waals surface area (Å²) in [5.41, 5.74) is 4.57. The predicted molar refractivity (Wildman–Crippen MR) is 24.3 cm³/mol. The summed E-state index contributed by atoms with van der Waals surface area (Å²) >= 11 is 0. The lowest BCUT2D eigenvalue weighted by Crippen LogP contribution is -2.24. The van der Waals surface area contributed by atoms with Crippen LogP contribution in [0, 0.1) is 0 Å². The molecule has 0 saturated carbocycles. The molecular weight excluding hydrogens is 165 g/mol. The normalized spacial score (nSPS) is 9.60. The van der Waals surface area contributed by atoms with Crippen LogP contribution in [0.2, 0.25) is 0 Å². The molecule has 10 heavy (non-hydrogen) atoms. The van der Waals surface area contributed by atoms with Crippen LogP contribution in [0.5, 0.6) is 0 Å². The molecule has 0 aromatic heterocycles. The van der Waals surface area contributed by atoms with Gasteiger partial charge in [0, 0.05) is 0 Å². The van der Waals surface area contributed by atoms with Gasteiger partial charge in [-0.25, -0.2) is 0 Å². The lowest BCUT2D eigenvalue weighted by molar-refractivity contribution is -0.432. The lowest BCUT2D eigenvalue weighted by atomic mass is 10.7. The minimum absolute atomic E-state index is 0.278. The molecule has 0 aliphatic rings. The summed E-state index contributed by atoms with van der Waals surface area (Å²) in [6.45, 7) is -0.278. The van der Waals surface area contributed by atoms with E-state index in [0.717, 1.165) is 0 Å². The van der Waals surface area contributed by atoms with E-state index in [1.807, 2.05) is 0 Å². The van der Waals surface area contributed by atoms with Crippen LogP contribution in [0.3, 0.4) is 0 Å². The van der Waals surface area contributed by atoms with Gasteiger partial charge in [-0.2, -0.15) is 7.82 Å². The molecule has 0 atom stereocenters. The van der Waals surface area contributed by atoms with Gasteiger partial charge in [-0.05, 0) is 0 Å². The van der Waals surface area contributed by atoms with E-state index in [1.54, 1.807) is 0 Å². The van der Waals surface area contributed by atoms with Crippen molar-refractivity contribution in [1.82, 2.24) is 0 Å². The highest BCUT2D eigenvalue weighted by Crippen LogP contribution is 2.03. The second-order valence-electron chi connectivity index (χ2n) is 1.05. The van der Waals surface area contributed by atoms with E-state index >= 15 is 0 Å². The summed E-state index contributed by atoms with van der Waals surface area (Å²) in [5.74, 6) is -0.968. The molecule has 3 N–H and O–H groups in total. The number of carbonyl (C=O) groups is 1. The number of hydrogen-bond acceptors (Lipinski definition) is 6. The van der Waals surface area contributed by atoms with Crippen molar-refractivity contribution in [2.75, 3.05) is 6.54 Å². The van der Waals surface area contributed by atoms with Crippen LogP contribution in [-0.4, -0.2) is 17.6 Å². The van der Waals surface area contributed by atoms with Crippen molar-refractivity contribution < 1.29 is 29.1 Å². The first kappa shape index (κ1) is 12.2. The third kappa shape index (κ3) is 136. The minimum atomic E-state index is -5.39. The van der Waals surface area contributed by atoms with Crippen LogP contribution in [0.4, 0.5) is 0 Å². The van der Waals surface area contributed by atoms with E-state index in [9.17, 15) is 4.79 Å². The number of hydrogen-bond donors (Lipinski definition) is 2. The molecular formula is C2H5NO6P-3. The fraction of sp³-hybridized carbons (Fsp3) is 0.500. The minimum Gasteiger partial charge on any atom is -0.822 e. The van der Waals surface area contributed by atoms with Crippen molar-refractivity contribution in [3.8, 4) is 0 Å². The van der Waals surface area contributed by atoms with Gasteiger partial charge in [0.25, 0.3) is 0 Å². The van der Waals surface area contributed by atoms with E-state index in [2.05, 4.69) is 5.73 Å². The van der Waals surface area contributed by atoms with Crippen LogP contribution in [0.1, 0.15) is 0 Å². The van der Waals surface area contributed by atoms with Gasteiger partial charge in [0.05, 0.1) is 6.54 Å². The number of rotatable bonds is 1. The van der Waals surface area contributed by atoms with E-state index in [4.69, 9.17) is 24.4 Å². The van der Waals surface area contributed by atoms with Crippen LogP contribution in [0.15, 0.2) is 0 Å². The Balaban J connectivity index is 0. The molecule has 0 radical (unpaired) electrons.